The fourth-order valence-electron chi connectivity index (χ4n) is 2.75. The minimum absolute atomic E-state index is 0.214. The molecule has 116 valence electrons. The number of carbonyl (C=O) groups excluding carboxylic acids is 1. The summed E-state index contributed by atoms with van der Waals surface area (Å²) in [5, 5.41) is 3.84. The van der Waals surface area contributed by atoms with Crippen LogP contribution in [-0.4, -0.2) is 21.1 Å². The number of pyridine rings is 1. The number of hydrogen-bond donors (Lipinski definition) is 1. The Morgan fingerprint density at radius 2 is 1.67 bits per heavy atom. The van der Waals surface area contributed by atoms with Crippen molar-refractivity contribution < 1.29 is 4.79 Å². The molecule has 0 saturated carbocycles. The van der Waals surface area contributed by atoms with Crippen molar-refractivity contribution in [1.29, 1.82) is 0 Å². The molecule has 24 heavy (non-hydrogen) atoms. The summed E-state index contributed by atoms with van der Waals surface area (Å²) in [6, 6.07) is 20.4. The van der Waals surface area contributed by atoms with E-state index in [4.69, 9.17) is 0 Å². The molecule has 0 unspecified atom stereocenters. The number of nitrogens with one attached hydrogen (secondary N) is 1. The Hall–Kier alpha value is -3.47. The van der Waals surface area contributed by atoms with Crippen molar-refractivity contribution in [2.75, 3.05) is 0 Å². The van der Waals surface area contributed by atoms with Gasteiger partial charge in [0.2, 0.25) is 0 Å². The number of para-hydroxylation sites is 2. The second-order valence-corrected chi connectivity index (χ2v) is 5.38. The van der Waals surface area contributed by atoms with Gasteiger partial charge in [0.1, 0.15) is 5.69 Å². The SMILES string of the molecule is O=Cc1[nH]n(-c2ccccc2)c(=O)c1-c1ccc2ccccc2n1. The molecule has 1 N–H and O–H groups in total. The van der Waals surface area contributed by atoms with Crippen molar-refractivity contribution in [2.24, 2.45) is 0 Å². The first kappa shape index (κ1) is 14.1. The van der Waals surface area contributed by atoms with E-state index in [1.165, 1.54) is 4.68 Å². The predicted octanol–water partition coefficient (Wildman–Crippen LogP) is 3.19. The molecule has 2 aromatic carbocycles. The third-order valence-corrected chi connectivity index (χ3v) is 3.91. The molecule has 5 nitrogen and oxygen atoms in total. The highest BCUT2D eigenvalue weighted by Gasteiger charge is 2.18. The van der Waals surface area contributed by atoms with Crippen molar-refractivity contribution in [3.63, 3.8) is 0 Å². The molecule has 0 bridgehead atoms. The number of hydrogen-bond acceptors (Lipinski definition) is 3. The summed E-state index contributed by atoms with van der Waals surface area (Å²) in [6.45, 7) is 0. The van der Waals surface area contributed by atoms with Crippen LogP contribution in [0.25, 0.3) is 27.8 Å². The first-order chi connectivity index (χ1) is 11.8. The van der Waals surface area contributed by atoms with Gasteiger partial charge in [-0.2, -0.15) is 0 Å². The maximum atomic E-state index is 12.8. The van der Waals surface area contributed by atoms with Gasteiger partial charge in [0.05, 0.1) is 22.5 Å². The molecule has 0 spiro atoms. The Balaban J connectivity index is 1.95. The molecule has 4 rings (SSSR count). The lowest BCUT2D eigenvalue weighted by Gasteiger charge is -2.01. The van der Waals surface area contributed by atoms with Gasteiger partial charge in [0, 0.05) is 5.39 Å². The van der Waals surface area contributed by atoms with Crippen molar-refractivity contribution >= 4 is 17.2 Å². The van der Waals surface area contributed by atoms with Gasteiger partial charge in [0.25, 0.3) is 5.56 Å². The molecule has 4 aromatic rings. The summed E-state index contributed by atoms with van der Waals surface area (Å²) in [5.41, 5.74) is 2.11. The van der Waals surface area contributed by atoms with E-state index in [-0.39, 0.29) is 16.8 Å². The van der Waals surface area contributed by atoms with Gasteiger partial charge in [-0.05, 0) is 24.3 Å². The normalized spacial score (nSPS) is 10.8. The summed E-state index contributed by atoms with van der Waals surface area (Å²) in [7, 11) is 0. The number of benzene rings is 2. The third kappa shape index (κ3) is 2.23. The Bertz CT molecular complexity index is 1090. The molecule has 0 aliphatic heterocycles. The minimum atomic E-state index is -0.300. The van der Waals surface area contributed by atoms with Crippen LogP contribution in [0.5, 0.6) is 0 Å². The van der Waals surface area contributed by atoms with Crippen LogP contribution in [0.1, 0.15) is 10.5 Å². The first-order valence-electron chi connectivity index (χ1n) is 7.50. The number of aromatic amines is 1. The van der Waals surface area contributed by atoms with Crippen molar-refractivity contribution in [3.05, 3.63) is 82.8 Å². The number of aromatic nitrogens is 3. The number of H-pyrrole nitrogens is 1. The van der Waals surface area contributed by atoms with E-state index in [1.807, 2.05) is 48.5 Å². The highest BCUT2D eigenvalue weighted by Crippen LogP contribution is 2.21. The van der Waals surface area contributed by atoms with Crippen LogP contribution in [-0.2, 0) is 0 Å². The van der Waals surface area contributed by atoms with Crippen molar-refractivity contribution in [3.8, 4) is 16.9 Å². The maximum Gasteiger partial charge on any atom is 0.281 e. The van der Waals surface area contributed by atoms with E-state index in [0.29, 0.717) is 17.7 Å². The molecule has 2 heterocycles. The van der Waals surface area contributed by atoms with E-state index >= 15 is 0 Å². The zero-order valence-electron chi connectivity index (χ0n) is 12.6. The van der Waals surface area contributed by atoms with Crippen LogP contribution < -0.4 is 5.56 Å². The van der Waals surface area contributed by atoms with E-state index in [1.54, 1.807) is 18.2 Å². The lowest BCUT2D eigenvalue weighted by Crippen LogP contribution is -2.15. The molecular formula is C19H13N3O2. The Morgan fingerprint density at radius 3 is 2.46 bits per heavy atom. The predicted molar refractivity (Wildman–Crippen MR) is 92.5 cm³/mol. The highest BCUT2D eigenvalue weighted by atomic mass is 16.1. The van der Waals surface area contributed by atoms with Gasteiger partial charge in [-0.1, -0.05) is 42.5 Å². The van der Waals surface area contributed by atoms with E-state index in [0.717, 1.165) is 10.9 Å². The van der Waals surface area contributed by atoms with Crippen LogP contribution in [0.3, 0.4) is 0 Å². The smallest absolute Gasteiger partial charge is 0.281 e. The largest absolute Gasteiger partial charge is 0.296 e. The van der Waals surface area contributed by atoms with E-state index in [2.05, 4.69) is 10.1 Å². The van der Waals surface area contributed by atoms with Crippen LogP contribution in [0.2, 0.25) is 0 Å². The number of fused-ring (bicyclic) bond motifs is 1. The number of carbonyl (C=O) groups is 1. The van der Waals surface area contributed by atoms with Gasteiger partial charge >= 0.3 is 0 Å². The minimum Gasteiger partial charge on any atom is -0.296 e. The lowest BCUT2D eigenvalue weighted by atomic mass is 10.1. The zero-order chi connectivity index (χ0) is 16.5. The molecule has 0 saturated heterocycles. The fraction of sp³-hybridized carbons (Fsp3) is 0. The summed E-state index contributed by atoms with van der Waals surface area (Å²) < 4.78 is 1.36. The van der Waals surface area contributed by atoms with Gasteiger partial charge < -0.3 is 0 Å². The summed E-state index contributed by atoms with van der Waals surface area (Å²) >= 11 is 0. The van der Waals surface area contributed by atoms with Crippen LogP contribution in [0.4, 0.5) is 0 Å². The van der Waals surface area contributed by atoms with E-state index in [9.17, 15) is 9.59 Å². The summed E-state index contributed by atoms with van der Waals surface area (Å²) in [6.07, 6.45) is 0.646. The quantitative estimate of drug-likeness (QED) is 0.590. The number of nitrogens with zero attached hydrogens (tertiary/aromatic N) is 2. The number of rotatable bonds is 3. The first-order valence-corrected chi connectivity index (χ1v) is 7.50. The van der Waals surface area contributed by atoms with Crippen LogP contribution >= 0.6 is 0 Å². The van der Waals surface area contributed by atoms with Crippen LogP contribution in [0.15, 0.2) is 71.5 Å². The van der Waals surface area contributed by atoms with Gasteiger partial charge in [-0.3, -0.25) is 14.7 Å². The monoisotopic (exact) mass is 315 g/mol. The summed E-state index contributed by atoms with van der Waals surface area (Å²) in [5.74, 6) is 0. The average Bonchev–Trinajstić information content (AvgIpc) is 2.98. The molecule has 0 aliphatic rings. The second-order valence-electron chi connectivity index (χ2n) is 5.38. The van der Waals surface area contributed by atoms with Crippen molar-refractivity contribution in [2.45, 2.75) is 0 Å². The lowest BCUT2D eigenvalue weighted by molar-refractivity contribution is 0.111. The third-order valence-electron chi connectivity index (χ3n) is 3.91. The van der Waals surface area contributed by atoms with Crippen LogP contribution in [0, 0.1) is 0 Å². The van der Waals surface area contributed by atoms with Gasteiger partial charge in [-0.15, -0.1) is 0 Å². The Morgan fingerprint density at radius 1 is 0.917 bits per heavy atom. The highest BCUT2D eigenvalue weighted by molar-refractivity contribution is 5.87. The molecule has 0 aliphatic carbocycles. The molecular weight excluding hydrogens is 302 g/mol. The Labute approximate surface area is 137 Å². The number of aldehydes is 1. The molecule has 5 heteroatoms. The molecule has 2 aromatic heterocycles. The second kappa shape index (κ2) is 5.62. The maximum absolute atomic E-state index is 12.8. The van der Waals surface area contributed by atoms with Crippen molar-refractivity contribution in [1.82, 2.24) is 14.8 Å². The van der Waals surface area contributed by atoms with Gasteiger partial charge in [-0.25, -0.2) is 9.67 Å². The topological polar surface area (TPSA) is 67.8 Å². The van der Waals surface area contributed by atoms with Gasteiger partial charge in [0.15, 0.2) is 6.29 Å². The molecule has 0 fully saturated rings. The zero-order valence-corrected chi connectivity index (χ0v) is 12.6. The molecule has 0 atom stereocenters. The fourth-order valence-corrected chi connectivity index (χ4v) is 2.75. The van der Waals surface area contributed by atoms with E-state index < -0.39 is 0 Å². The standard InChI is InChI=1S/C19H13N3O2/c23-12-17-18(16-11-10-13-6-4-5-9-15(13)20-16)19(24)22(21-17)14-7-2-1-3-8-14/h1-12,21H. The molecule has 0 radical (unpaired) electrons. The molecule has 0 amide bonds. The Kier molecular flexibility index (Phi) is 3.31. The average molecular weight is 315 g/mol. The summed E-state index contributed by atoms with van der Waals surface area (Å²) in [4.78, 5) is 28.8.